The molecule has 2 aromatic heterocycles. The third kappa shape index (κ3) is 1.07. The van der Waals surface area contributed by atoms with E-state index in [2.05, 4.69) is 10.4 Å². The Hall–Kier alpha value is -2.15. The second-order valence-corrected chi connectivity index (χ2v) is 2.61. The third-order valence-corrected chi connectivity index (χ3v) is 1.81. The largest absolute Gasteiger partial charge is 0.373 e. The van der Waals surface area contributed by atoms with Crippen molar-refractivity contribution in [1.82, 2.24) is 9.38 Å². The molecule has 0 radical (unpaired) electrons. The van der Waals surface area contributed by atoms with Crippen LogP contribution in [0.2, 0.25) is 0 Å². The van der Waals surface area contributed by atoms with Crippen LogP contribution in [0.15, 0.2) is 24.4 Å². The van der Waals surface area contributed by atoms with Crippen LogP contribution < -0.4 is 11.3 Å². The lowest BCUT2D eigenvalue weighted by Gasteiger charge is -1.95. The molecule has 7 nitrogen and oxygen atoms in total. The summed E-state index contributed by atoms with van der Waals surface area (Å²) in [5, 5.41) is 10.7. The van der Waals surface area contributed by atoms with Gasteiger partial charge in [0.2, 0.25) is 11.5 Å². The number of hydrogen-bond donors (Lipinski definition) is 2. The first-order chi connectivity index (χ1) is 6.74. The SMILES string of the molecule is NNc1nc2ccccn2c1[N+](=O)[O-]. The van der Waals surface area contributed by atoms with Crippen molar-refractivity contribution in [3.05, 3.63) is 34.5 Å². The molecular formula is C7H7N5O2. The van der Waals surface area contributed by atoms with Crippen LogP contribution in [0.5, 0.6) is 0 Å². The number of imidazole rings is 1. The zero-order valence-electron chi connectivity index (χ0n) is 7.04. The number of nitrogens with one attached hydrogen (secondary N) is 1. The number of pyridine rings is 1. The summed E-state index contributed by atoms with van der Waals surface area (Å²) in [5.74, 6) is 5.01. The summed E-state index contributed by atoms with van der Waals surface area (Å²) in [4.78, 5) is 14.1. The Bertz CT molecular complexity index is 492. The quantitative estimate of drug-likeness (QED) is 0.411. The average Bonchev–Trinajstić information content (AvgIpc) is 2.55. The molecule has 2 rings (SSSR count). The van der Waals surface area contributed by atoms with Crippen LogP contribution in [-0.4, -0.2) is 14.3 Å². The zero-order chi connectivity index (χ0) is 10.1. The number of nitrogens with zero attached hydrogens (tertiary/aromatic N) is 3. The maximum atomic E-state index is 10.7. The number of fused-ring (bicyclic) bond motifs is 1. The number of nitrogen functional groups attached to an aromatic ring is 1. The molecule has 0 atom stereocenters. The predicted molar refractivity (Wildman–Crippen MR) is 49.7 cm³/mol. The fraction of sp³-hybridized carbons (Fsp3) is 0. The summed E-state index contributed by atoms with van der Waals surface area (Å²) in [7, 11) is 0. The maximum absolute atomic E-state index is 10.7. The van der Waals surface area contributed by atoms with Gasteiger partial charge in [-0.05, 0) is 11.0 Å². The maximum Gasteiger partial charge on any atom is 0.373 e. The molecule has 72 valence electrons. The van der Waals surface area contributed by atoms with Crippen molar-refractivity contribution >= 4 is 17.3 Å². The highest BCUT2D eigenvalue weighted by Crippen LogP contribution is 2.23. The Balaban J connectivity index is 2.81. The fourth-order valence-corrected chi connectivity index (χ4v) is 1.25. The highest BCUT2D eigenvalue weighted by atomic mass is 16.6. The molecule has 0 saturated carbocycles. The van der Waals surface area contributed by atoms with E-state index in [1.165, 1.54) is 4.40 Å². The third-order valence-electron chi connectivity index (χ3n) is 1.81. The lowest BCUT2D eigenvalue weighted by molar-refractivity contribution is -0.389. The summed E-state index contributed by atoms with van der Waals surface area (Å²) in [6.07, 6.45) is 1.56. The first kappa shape index (κ1) is 8.45. The Morgan fingerprint density at radius 2 is 2.36 bits per heavy atom. The molecule has 7 heteroatoms. The summed E-state index contributed by atoms with van der Waals surface area (Å²) < 4.78 is 1.36. The van der Waals surface area contributed by atoms with Gasteiger partial charge in [0.05, 0.1) is 6.20 Å². The number of nitro groups is 1. The molecule has 2 heterocycles. The smallest absolute Gasteiger partial charge is 0.358 e. The van der Waals surface area contributed by atoms with Crippen LogP contribution in [0.4, 0.5) is 11.6 Å². The van der Waals surface area contributed by atoms with Gasteiger partial charge in [-0.25, -0.2) is 5.84 Å². The van der Waals surface area contributed by atoms with Crippen molar-refractivity contribution in [2.24, 2.45) is 5.84 Å². The molecule has 0 unspecified atom stereocenters. The highest BCUT2D eigenvalue weighted by molar-refractivity contribution is 5.61. The summed E-state index contributed by atoms with van der Waals surface area (Å²) in [6.45, 7) is 0. The van der Waals surface area contributed by atoms with Crippen molar-refractivity contribution in [3.8, 4) is 0 Å². The average molecular weight is 193 g/mol. The monoisotopic (exact) mass is 193 g/mol. The van der Waals surface area contributed by atoms with E-state index in [1.54, 1.807) is 24.4 Å². The highest BCUT2D eigenvalue weighted by Gasteiger charge is 2.20. The second kappa shape index (κ2) is 2.96. The first-order valence-electron chi connectivity index (χ1n) is 3.82. The molecule has 14 heavy (non-hydrogen) atoms. The Morgan fingerprint density at radius 1 is 1.57 bits per heavy atom. The van der Waals surface area contributed by atoms with E-state index in [0.717, 1.165) is 0 Å². The second-order valence-electron chi connectivity index (χ2n) is 2.61. The van der Waals surface area contributed by atoms with E-state index in [4.69, 9.17) is 5.84 Å². The lowest BCUT2D eigenvalue weighted by Crippen LogP contribution is -2.09. The van der Waals surface area contributed by atoms with Gasteiger partial charge in [-0.2, -0.15) is 9.38 Å². The minimum Gasteiger partial charge on any atom is -0.358 e. The predicted octanol–water partition coefficient (Wildman–Crippen LogP) is 0.528. The zero-order valence-corrected chi connectivity index (χ0v) is 7.04. The molecule has 0 fully saturated rings. The van der Waals surface area contributed by atoms with Gasteiger partial charge >= 0.3 is 5.82 Å². The van der Waals surface area contributed by atoms with E-state index in [-0.39, 0.29) is 11.6 Å². The van der Waals surface area contributed by atoms with Crippen LogP contribution in [0.3, 0.4) is 0 Å². The van der Waals surface area contributed by atoms with E-state index >= 15 is 0 Å². The van der Waals surface area contributed by atoms with Crippen molar-refractivity contribution < 1.29 is 4.92 Å². The van der Waals surface area contributed by atoms with Gasteiger partial charge < -0.3 is 15.5 Å². The van der Waals surface area contributed by atoms with Gasteiger partial charge in [-0.1, -0.05) is 6.07 Å². The summed E-state index contributed by atoms with van der Waals surface area (Å²) in [5.41, 5.74) is 2.67. The van der Waals surface area contributed by atoms with E-state index in [0.29, 0.717) is 5.65 Å². The number of rotatable bonds is 2. The molecular weight excluding hydrogens is 186 g/mol. The number of hydrogen-bond acceptors (Lipinski definition) is 5. The van der Waals surface area contributed by atoms with Crippen LogP contribution in [-0.2, 0) is 0 Å². The number of anilines is 1. The molecule has 0 aliphatic heterocycles. The van der Waals surface area contributed by atoms with Gasteiger partial charge in [0.25, 0.3) is 0 Å². The summed E-state index contributed by atoms with van der Waals surface area (Å²) >= 11 is 0. The molecule has 0 saturated heterocycles. The Labute approximate surface area is 78.3 Å². The van der Waals surface area contributed by atoms with Crippen molar-refractivity contribution in [1.29, 1.82) is 0 Å². The van der Waals surface area contributed by atoms with E-state index < -0.39 is 4.92 Å². The molecule has 0 bridgehead atoms. The molecule has 0 spiro atoms. The molecule has 0 aromatic carbocycles. The van der Waals surface area contributed by atoms with Gasteiger partial charge in [-0.3, -0.25) is 0 Å². The van der Waals surface area contributed by atoms with Gasteiger partial charge in [0, 0.05) is 6.07 Å². The van der Waals surface area contributed by atoms with Crippen molar-refractivity contribution in [3.63, 3.8) is 0 Å². The first-order valence-corrected chi connectivity index (χ1v) is 3.82. The van der Waals surface area contributed by atoms with Crippen LogP contribution in [0, 0.1) is 10.1 Å². The van der Waals surface area contributed by atoms with Crippen LogP contribution >= 0.6 is 0 Å². The van der Waals surface area contributed by atoms with Crippen molar-refractivity contribution in [2.75, 3.05) is 5.43 Å². The van der Waals surface area contributed by atoms with Gasteiger partial charge in [0.15, 0.2) is 0 Å². The van der Waals surface area contributed by atoms with Gasteiger partial charge in [0.1, 0.15) is 0 Å². The Morgan fingerprint density at radius 3 is 3.00 bits per heavy atom. The normalized spacial score (nSPS) is 10.4. The van der Waals surface area contributed by atoms with Crippen LogP contribution in [0.25, 0.3) is 5.65 Å². The minimum absolute atomic E-state index is 0.0567. The van der Waals surface area contributed by atoms with Crippen molar-refractivity contribution in [2.45, 2.75) is 0 Å². The fourth-order valence-electron chi connectivity index (χ4n) is 1.25. The number of aromatic nitrogens is 2. The summed E-state index contributed by atoms with van der Waals surface area (Å²) in [6, 6.07) is 5.09. The van der Waals surface area contributed by atoms with E-state index in [9.17, 15) is 10.1 Å². The standard InChI is InChI=1S/C7H7N5O2/c8-10-6-7(12(13)14)11-4-2-1-3-5(11)9-6/h1-4,10H,8H2. The van der Waals surface area contributed by atoms with E-state index in [1.807, 2.05) is 0 Å². The van der Waals surface area contributed by atoms with Gasteiger partial charge in [-0.15, -0.1) is 0 Å². The topological polar surface area (TPSA) is 98.5 Å². The van der Waals surface area contributed by atoms with Crippen LogP contribution in [0.1, 0.15) is 0 Å². The molecule has 0 aliphatic rings. The molecule has 0 aliphatic carbocycles. The molecule has 3 N–H and O–H groups in total. The lowest BCUT2D eigenvalue weighted by atomic mass is 10.5. The number of nitrogens with two attached hydrogens (primary N) is 1. The Kier molecular flexibility index (Phi) is 1.79. The number of hydrazine groups is 1. The minimum atomic E-state index is -0.533. The molecule has 0 amide bonds. The molecule has 2 aromatic rings.